The Morgan fingerprint density at radius 1 is 0.628 bits per heavy atom. The highest BCUT2D eigenvalue weighted by Crippen LogP contribution is 2.24. The molecule has 94 heavy (non-hydrogen) atoms. The summed E-state index contributed by atoms with van der Waals surface area (Å²) < 4.78 is 6.16. The van der Waals surface area contributed by atoms with Gasteiger partial charge < -0.3 is 65.2 Å². The van der Waals surface area contributed by atoms with Gasteiger partial charge in [0.05, 0.1) is 33.2 Å². The summed E-state index contributed by atoms with van der Waals surface area (Å²) >= 11 is 2.10. The lowest BCUT2D eigenvalue weighted by Crippen LogP contribution is -2.63. The Morgan fingerprint density at radius 2 is 1.22 bits per heavy atom. The summed E-state index contributed by atoms with van der Waals surface area (Å²) in [4.78, 5) is 185. The van der Waals surface area contributed by atoms with E-state index in [9.17, 15) is 52.7 Å². The van der Waals surface area contributed by atoms with E-state index in [1.807, 2.05) is 40.7 Å². The van der Waals surface area contributed by atoms with Crippen molar-refractivity contribution >= 4 is 93.5 Å². The van der Waals surface area contributed by atoms with Crippen LogP contribution in [0.1, 0.15) is 118 Å². The van der Waals surface area contributed by atoms with Crippen LogP contribution in [-0.4, -0.2) is 247 Å². The van der Waals surface area contributed by atoms with Gasteiger partial charge in [-0.05, 0) is 122 Å². The molecule has 2 heterocycles. The largest absolute Gasteiger partial charge is 0.497 e. The number of methoxy groups -OCH3 is 1. The number of rotatable bonds is 13. The second-order valence-electron chi connectivity index (χ2n) is 26.3. The number of terminal acetylenes is 1. The zero-order chi connectivity index (χ0) is 70.6. The Hall–Kier alpha value is -7.83. The molecule has 2 fully saturated rings. The third kappa shape index (κ3) is 21.9. The molecule has 8 atom stereocenters. The van der Waals surface area contributed by atoms with Crippen molar-refractivity contribution in [2.45, 2.75) is 167 Å². The van der Waals surface area contributed by atoms with Gasteiger partial charge >= 0.3 is 0 Å². The minimum Gasteiger partial charge on any atom is -0.497 e. The number of likely N-dealkylation sites (tertiary alicyclic amines) is 1. The number of amides is 12. The number of hydrogen-bond donors (Lipinski definition) is 4. The molecule has 0 bridgehead atoms. The number of nitrogens with one attached hydrogen (secondary N) is 4. The van der Waals surface area contributed by atoms with Gasteiger partial charge in [-0.3, -0.25) is 57.5 Å². The Bertz CT molecular complexity index is 3070. The Kier molecular flexibility index (Phi) is 30.2. The molecule has 2 aliphatic rings. The van der Waals surface area contributed by atoms with Crippen LogP contribution in [0.4, 0.5) is 0 Å². The number of ether oxygens (including phenoxy) is 1. The first-order chi connectivity index (χ1) is 44.1. The van der Waals surface area contributed by atoms with E-state index in [2.05, 4.69) is 49.8 Å². The first-order valence-corrected chi connectivity index (χ1v) is 33.3. The van der Waals surface area contributed by atoms with Crippen LogP contribution in [0.25, 0.3) is 0 Å². The van der Waals surface area contributed by atoms with Gasteiger partial charge in [0.25, 0.3) is 0 Å². The van der Waals surface area contributed by atoms with E-state index in [-0.39, 0.29) is 43.9 Å². The van der Waals surface area contributed by atoms with Gasteiger partial charge in [0, 0.05) is 85.3 Å². The molecular formula is C68H101IN12O13. The molecule has 12 amide bonds. The van der Waals surface area contributed by atoms with Gasteiger partial charge in [-0.1, -0.05) is 72.2 Å². The topological polar surface area (TPSA) is 288 Å². The molecule has 0 radical (unpaired) electrons. The highest BCUT2D eigenvalue weighted by atomic mass is 127. The van der Waals surface area contributed by atoms with Gasteiger partial charge in [-0.25, -0.2) is 0 Å². The Balaban J connectivity index is 1.88. The smallest absolute Gasteiger partial charge is 0.246 e. The minimum atomic E-state index is -1.76. The zero-order valence-corrected chi connectivity index (χ0v) is 60.0. The Labute approximate surface area is 569 Å². The summed E-state index contributed by atoms with van der Waals surface area (Å²) in [6.07, 6.45) is 7.57. The van der Waals surface area contributed by atoms with E-state index in [1.165, 1.54) is 80.1 Å². The van der Waals surface area contributed by atoms with Crippen LogP contribution in [0.2, 0.25) is 0 Å². The van der Waals surface area contributed by atoms with Crippen LogP contribution in [-0.2, 0) is 70.4 Å². The number of carbonyl (C=O) groups is 12. The number of carbonyl (C=O) groups excluding carboxylic acids is 12. The molecule has 4 N–H and O–H groups in total. The van der Waals surface area contributed by atoms with Gasteiger partial charge in [0.1, 0.15) is 53.6 Å². The molecule has 0 spiro atoms. The third-order valence-electron chi connectivity index (χ3n) is 17.8. The predicted molar refractivity (Wildman–Crippen MR) is 364 cm³/mol. The highest BCUT2D eigenvalue weighted by Gasteiger charge is 2.44. The summed E-state index contributed by atoms with van der Waals surface area (Å²) in [5.74, 6) is -6.39. The zero-order valence-electron chi connectivity index (χ0n) is 57.8. The van der Waals surface area contributed by atoms with Crippen molar-refractivity contribution in [1.29, 1.82) is 0 Å². The quantitative estimate of drug-likeness (QED) is 0.166. The lowest BCUT2D eigenvalue weighted by Gasteiger charge is -2.39. The maximum absolute atomic E-state index is 15.1. The summed E-state index contributed by atoms with van der Waals surface area (Å²) in [7, 11) is 11.1. The van der Waals surface area contributed by atoms with E-state index < -0.39 is 151 Å². The van der Waals surface area contributed by atoms with Crippen LogP contribution in [0, 0.1) is 33.7 Å². The average molecular weight is 1420 g/mol. The molecule has 2 saturated heterocycles. The molecule has 26 heteroatoms. The van der Waals surface area contributed by atoms with Crippen molar-refractivity contribution in [3.05, 3.63) is 63.2 Å². The van der Waals surface area contributed by atoms with E-state index in [4.69, 9.17) is 11.2 Å². The number of benzene rings is 2. The molecular weight excluding hydrogens is 1320 g/mol. The standard InChI is InChI=1S/C68H101IN12O13/c1-18-24-49-63(89)80(16)68(8,9)67(93)72-51(33-42(3)4)62(88)79(15)54(65(91)81-31-21-20-22-32-81)38-56(83)77(13)52(34-43(5)6)61(87)73-59(44(7)19-2)66(92)76(12)40-57(84)74(10)41-58(85)78(14)53(37-45-27-29-48(94-17)30-28-45)64(90)75(11)39-55(82)70-50(60(86)71-49)36-46-25-23-26-47(69)35-46/h1,23,25-30,35,42-44,49-54,59H,19-22,24,31-34,36-41H2,2-17H3,(H,70,82)(H,71,86)(H,72,93)(H,73,87)/t44-,49-,50-,51-,52-,53-,54?,59-/m0/s1. The molecule has 0 aromatic heterocycles. The fourth-order valence-corrected chi connectivity index (χ4v) is 11.8. The molecule has 25 nitrogen and oxygen atoms in total. The lowest BCUT2D eigenvalue weighted by atomic mass is 9.95. The van der Waals surface area contributed by atoms with Crippen LogP contribution < -0.4 is 26.0 Å². The maximum atomic E-state index is 15.1. The highest BCUT2D eigenvalue weighted by molar-refractivity contribution is 14.1. The van der Waals surface area contributed by atoms with Crippen molar-refractivity contribution in [3.63, 3.8) is 0 Å². The number of halogens is 1. The summed E-state index contributed by atoms with van der Waals surface area (Å²) in [5.41, 5.74) is -0.526. The summed E-state index contributed by atoms with van der Waals surface area (Å²) in [5, 5.41) is 11.2. The lowest BCUT2D eigenvalue weighted by molar-refractivity contribution is -0.152. The first kappa shape index (κ1) is 78.6. The average Bonchev–Trinajstić information content (AvgIpc) is 0.841. The molecule has 2 aromatic carbocycles. The second-order valence-corrected chi connectivity index (χ2v) is 27.6. The van der Waals surface area contributed by atoms with Crippen LogP contribution in [0.5, 0.6) is 5.75 Å². The molecule has 4 rings (SSSR count). The SMILES string of the molecule is C#CC[C@@H]1NC(=O)[C@H](Cc2cccc(I)c2)NC(=O)CN(C)C(=O)[C@H](Cc2ccc(OC)cc2)N(C)C(=O)CN(C)C(=O)CN(C)C(=O)[C@H]([C@@H](C)CC)NC(=O)[C@H](CC(C)C)N(C)C(=O)CC(C(=O)N2CCCCC2)N(C)C(=O)[C@H](CC(C)C)NC(=O)C(C)(C)N(C)C1=O. The van der Waals surface area contributed by atoms with Gasteiger partial charge in [0.15, 0.2) is 0 Å². The van der Waals surface area contributed by atoms with Crippen molar-refractivity contribution in [3.8, 4) is 18.1 Å². The number of hydrogen-bond acceptors (Lipinski definition) is 13. The first-order valence-electron chi connectivity index (χ1n) is 32.2. The molecule has 2 aliphatic heterocycles. The fourth-order valence-electron chi connectivity index (χ4n) is 11.2. The summed E-state index contributed by atoms with van der Waals surface area (Å²) in [6, 6.07) is 4.70. The van der Waals surface area contributed by atoms with Crippen molar-refractivity contribution in [2.75, 3.05) is 89.2 Å². The van der Waals surface area contributed by atoms with Crippen LogP contribution >= 0.6 is 22.6 Å². The fraction of sp³-hybridized carbons (Fsp3) is 0.618. The third-order valence-corrected chi connectivity index (χ3v) is 18.4. The second kappa shape index (κ2) is 36.2. The number of likely N-dealkylation sites (N-methyl/N-ethyl adjacent to an activating group) is 7. The monoisotopic (exact) mass is 1420 g/mol. The van der Waals surface area contributed by atoms with Gasteiger partial charge in [-0.15, -0.1) is 12.3 Å². The van der Waals surface area contributed by atoms with Crippen molar-refractivity contribution in [1.82, 2.24) is 60.5 Å². The van der Waals surface area contributed by atoms with Crippen LogP contribution in [0.15, 0.2) is 48.5 Å². The Morgan fingerprint density at radius 3 is 1.80 bits per heavy atom. The molecule has 1 unspecified atom stereocenters. The molecule has 2 aromatic rings. The molecule has 0 saturated carbocycles. The maximum Gasteiger partial charge on any atom is 0.246 e. The van der Waals surface area contributed by atoms with Crippen molar-refractivity contribution in [2.24, 2.45) is 17.8 Å². The van der Waals surface area contributed by atoms with Crippen molar-refractivity contribution < 1.29 is 62.3 Å². The van der Waals surface area contributed by atoms with Crippen LogP contribution in [0.3, 0.4) is 0 Å². The van der Waals surface area contributed by atoms with E-state index in [0.29, 0.717) is 49.2 Å². The van der Waals surface area contributed by atoms with E-state index >= 15 is 4.79 Å². The normalized spacial score (nSPS) is 23.8. The predicted octanol–water partition coefficient (Wildman–Crippen LogP) is 2.70. The molecule has 518 valence electrons. The minimum absolute atomic E-state index is 0.0568. The van der Waals surface area contributed by atoms with E-state index in [1.54, 1.807) is 54.3 Å². The number of piperidine rings is 1. The molecule has 0 aliphatic carbocycles. The van der Waals surface area contributed by atoms with E-state index in [0.717, 1.165) is 34.5 Å². The summed E-state index contributed by atoms with van der Waals surface area (Å²) in [6.45, 7) is 12.9. The van der Waals surface area contributed by atoms with Gasteiger partial charge in [-0.2, -0.15) is 0 Å². The van der Waals surface area contributed by atoms with Gasteiger partial charge in [0.2, 0.25) is 70.9 Å². The number of nitrogens with zero attached hydrogens (tertiary/aromatic N) is 8.